The second-order valence-corrected chi connectivity index (χ2v) is 8.73. The van der Waals surface area contributed by atoms with Gasteiger partial charge < -0.3 is 20.1 Å². The van der Waals surface area contributed by atoms with Gasteiger partial charge in [-0.15, -0.1) is 0 Å². The van der Waals surface area contributed by atoms with Crippen LogP contribution < -0.4 is 15.4 Å². The average Bonchev–Trinajstić information content (AvgIpc) is 2.73. The molecular formula is C24H32N2O3. The minimum Gasteiger partial charge on any atom is -0.496 e. The highest BCUT2D eigenvalue weighted by Crippen LogP contribution is 2.39. The van der Waals surface area contributed by atoms with Crippen LogP contribution in [0.1, 0.15) is 44.7 Å². The first-order valence-corrected chi connectivity index (χ1v) is 10.2. The van der Waals surface area contributed by atoms with E-state index >= 15 is 0 Å². The van der Waals surface area contributed by atoms with Gasteiger partial charge in [0.25, 0.3) is 0 Å². The number of hydrogen-bond acceptors (Lipinski definition) is 3. The minimum absolute atomic E-state index is 0.0883. The molecule has 0 radical (unpaired) electrons. The minimum atomic E-state index is -0.200. The van der Waals surface area contributed by atoms with Crippen LogP contribution in [0.4, 0.5) is 10.5 Å². The van der Waals surface area contributed by atoms with Crippen molar-refractivity contribution in [3.63, 3.8) is 0 Å². The molecule has 3 rings (SSSR count). The van der Waals surface area contributed by atoms with Crippen LogP contribution >= 0.6 is 0 Å². The van der Waals surface area contributed by atoms with E-state index in [1.165, 1.54) is 5.56 Å². The van der Waals surface area contributed by atoms with Gasteiger partial charge in [0.05, 0.1) is 7.11 Å². The van der Waals surface area contributed by atoms with E-state index in [-0.39, 0.29) is 16.9 Å². The molecule has 0 saturated carbocycles. The van der Waals surface area contributed by atoms with E-state index in [1.54, 1.807) is 7.11 Å². The van der Waals surface area contributed by atoms with Crippen molar-refractivity contribution in [2.24, 2.45) is 0 Å². The van der Waals surface area contributed by atoms with Gasteiger partial charge in [-0.3, -0.25) is 0 Å². The topological polar surface area (TPSA) is 59.6 Å². The predicted octanol–water partition coefficient (Wildman–Crippen LogP) is 4.86. The Morgan fingerprint density at radius 3 is 2.34 bits per heavy atom. The van der Waals surface area contributed by atoms with E-state index in [0.717, 1.165) is 29.8 Å². The summed E-state index contributed by atoms with van der Waals surface area (Å²) < 4.78 is 11.2. The number of para-hydroxylation sites is 1. The van der Waals surface area contributed by atoms with Crippen LogP contribution in [0.3, 0.4) is 0 Å². The second-order valence-electron chi connectivity index (χ2n) is 8.73. The predicted molar refractivity (Wildman–Crippen MR) is 117 cm³/mol. The number of amides is 2. The van der Waals surface area contributed by atoms with E-state index in [1.807, 2.05) is 30.3 Å². The zero-order chi connectivity index (χ0) is 20.9. The Balaban J connectivity index is 1.69. The number of urea groups is 1. The molecule has 0 unspecified atom stereocenters. The number of benzene rings is 2. The molecule has 2 aromatic carbocycles. The van der Waals surface area contributed by atoms with Gasteiger partial charge in [0.1, 0.15) is 5.75 Å². The van der Waals surface area contributed by atoms with Crippen LogP contribution in [0.5, 0.6) is 5.75 Å². The Kier molecular flexibility index (Phi) is 6.48. The first kappa shape index (κ1) is 21.2. The van der Waals surface area contributed by atoms with Crippen LogP contribution in [-0.2, 0) is 15.6 Å². The molecule has 1 heterocycles. The van der Waals surface area contributed by atoms with Crippen molar-refractivity contribution in [3.8, 4) is 5.75 Å². The van der Waals surface area contributed by atoms with Crippen molar-refractivity contribution >= 4 is 11.7 Å². The van der Waals surface area contributed by atoms with Crippen molar-refractivity contribution in [1.82, 2.24) is 5.32 Å². The molecule has 0 spiro atoms. The van der Waals surface area contributed by atoms with Crippen molar-refractivity contribution < 1.29 is 14.3 Å². The summed E-state index contributed by atoms with van der Waals surface area (Å²) in [4.78, 5) is 12.6. The maximum absolute atomic E-state index is 12.6. The molecule has 1 fully saturated rings. The molecule has 0 atom stereocenters. The van der Waals surface area contributed by atoms with Gasteiger partial charge in [-0.2, -0.15) is 0 Å². The number of ether oxygens (including phenoxy) is 2. The van der Waals surface area contributed by atoms with Crippen LogP contribution in [0, 0.1) is 0 Å². The average molecular weight is 397 g/mol. The number of carbonyl (C=O) groups excluding carboxylic acids is 1. The highest BCUT2D eigenvalue weighted by atomic mass is 16.5. The van der Waals surface area contributed by atoms with E-state index in [9.17, 15) is 4.79 Å². The van der Waals surface area contributed by atoms with Gasteiger partial charge in [0.2, 0.25) is 0 Å². The summed E-state index contributed by atoms with van der Waals surface area (Å²) in [7, 11) is 1.69. The molecule has 156 valence electrons. The molecule has 2 N–H and O–H groups in total. The van der Waals surface area contributed by atoms with Crippen molar-refractivity contribution in [2.75, 3.05) is 32.2 Å². The molecular weight excluding hydrogens is 364 g/mol. The molecule has 0 aliphatic carbocycles. The fraction of sp³-hybridized carbons (Fsp3) is 0.458. The molecule has 0 aromatic heterocycles. The van der Waals surface area contributed by atoms with Crippen molar-refractivity contribution in [2.45, 2.75) is 44.4 Å². The number of nitrogens with one attached hydrogen (secondary N) is 2. The number of anilines is 1. The third-order valence-electron chi connectivity index (χ3n) is 5.72. The quantitative estimate of drug-likeness (QED) is 0.759. The van der Waals surface area contributed by atoms with Crippen LogP contribution in [0.15, 0.2) is 48.5 Å². The Morgan fingerprint density at radius 1 is 1.07 bits per heavy atom. The number of hydrogen-bond donors (Lipinski definition) is 2. The zero-order valence-corrected chi connectivity index (χ0v) is 17.9. The number of carbonyl (C=O) groups is 1. The number of rotatable bonds is 5. The summed E-state index contributed by atoms with van der Waals surface area (Å²) in [5.41, 5.74) is 3.04. The summed E-state index contributed by atoms with van der Waals surface area (Å²) in [5.74, 6) is 0.856. The summed E-state index contributed by atoms with van der Waals surface area (Å²) in [6, 6.07) is 15.9. The molecule has 2 aromatic rings. The van der Waals surface area contributed by atoms with Gasteiger partial charge in [0.15, 0.2) is 0 Å². The monoisotopic (exact) mass is 396 g/mol. The molecule has 29 heavy (non-hydrogen) atoms. The van der Waals surface area contributed by atoms with Gasteiger partial charge in [-0.05, 0) is 42.0 Å². The van der Waals surface area contributed by atoms with Crippen molar-refractivity contribution in [1.29, 1.82) is 0 Å². The van der Waals surface area contributed by atoms with Crippen LogP contribution in [0.25, 0.3) is 0 Å². The lowest BCUT2D eigenvalue weighted by Gasteiger charge is -2.38. The lowest BCUT2D eigenvalue weighted by Crippen LogP contribution is -2.45. The van der Waals surface area contributed by atoms with Gasteiger partial charge in [0, 0.05) is 36.4 Å². The lowest BCUT2D eigenvalue weighted by atomic mass is 9.73. The first-order chi connectivity index (χ1) is 13.8. The molecule has 2 amide bonds. The molecule has 1 aliphatic heterocycles. The van der Waals surface area contributed by atoms with Crippen molar-refractivity contribution in [3.05, 3.63) is 59.7 Å². The van der Waals surface area contributed by atoms with Gasteiger partial charge >= 0.3 is 6.03 Å². The molecule has 1 aliphatic rings. The molecule has 0 bridgehead atoms. The normalized spacial score (nSPS) is 16.1. The Bertz CT molecular complexity index is 819. The third kappa shape index (κ3) is 5.10. The highest BCUT2D eigenvalue weighted by Gasteiger charge is 2.37. The Morgan fingerprint density at radius 2 is 1.72 bits per heavy atom. The second kappa shape index (κ2) is 8.87. The number of methoxy groups -OCH3 is 1. The standard InChI is InChI=1S/C24H32N2O3/c1-23(2,3)18-9-11-19(12-10-18)26-22(27)25-17-24(13-15-29-16-14-24)20-7-5-6-8-21(20)28-4/h5-12H,13-17H2,1-4H3,(H2,25,26,27). The smallest absolute Gasteiger partial charge is 0.319 e. The fourth-order valence-corrected chi connectivity index (χ4v) is 3.86. The summed E-state index contributed by atoms with van der Waals surface area (Å²) in [6.45, 7) is 8.40. The largest absolute Gasteiger partial charge is 0.496 e. The van der Waals surface area contributed by atoms with E-state index in [2.05, 4.69) is 49.6 Å². The summed E-state index contributed by atoms with van der Waals surface area (Å²) >= 11 is 0. The SMILES string of the molecule is COc1ccccc1C1(CNC(=O)Nc2ccc(C(C)(C)C)cc2)CCOCC1. The Labute approximate surface area is 173 Å². The Hall–Kier alpha value is -2.53. The molecule has 5 nitrogen and oxygen atoms in total. The zero-order valence-electron chi connectivity index (χ0n) is 17.9. The van der Waals surface area contributed by atoms with Crippen LogP contribution in [-0.4, -0.2) is 32.9 Å². The first-order valence-electron chi connectivity index (χ1n) is 10.2. The lowest BCUT2D eigenvalue weighted by molar-refractivity contribution is 0.0500. The van der Waals surface area contributed by atoms with Gasteiger partial charge in [-0.1, -0.05) is 51.1 Å². The van der Waals surface area contributed by atoms with E-state index in [4.69, 9.17) is 9.47 Å². The maximum atomic E-state index is 12.6. The third-order valence-corrected chi connectivity index (χ3v) is 5.72. The summed E-state index contributed by atoms with van der Waals surface area (Å²) in [5, 5.41) is 6.02. The maximum Gasteiger partial charge on any atom is 0.319 e. The fourth-order valence-electron chi connectivity index (χ4n) is 3.86. The summed E-state index contributed by atoms with van der Waals surface area (Å²) in [6.07, 6.45) is 1.68. The molecule has 5 heteroatoms. The highest BCUT2D eigenvalue weighted by molar-refractivity contribution is 5.89. The molecule has 1 saturated heterocycles. The van der Waals surface area contributed by atoms with E-state index < -0.39 is 0 Å². The van der Waals surface area contributed by atoms with Gasteiger partial charge in [-0.25, -0.2) is 4.79 Å². The van der Waals surface area contributed by atoms with E-state index in [0.29, 0.717) is 19.8 Å². The van der Waals surface area contributed by atoms with Crippen LogP contribution in [0.2, 0.25) is 0 Å².